The first-order chi connectivity index (χ1) is 10.1. The molecular weight excluding hydrogens is 270 g/mol. The molecule has 6 heteroatoms. The van der Waals surface area contributed by atoms with E-state index >= 15 is 0 Å². The first-order valence-electron chi connectivity index (χ1n) is 7.56. The van der Waals surface area contributed by atoms with Gasteiger partial charge in [-0.3, -0.25) is 9.48 Å². The van der Waals surface area contributed by atoms with Gasteiger partial charge in [0.15, 0.2) is 0 Å². The van der Waals surface area contributed by atoms with Crippen LogP contribution in [-0.2, 0) is 23.0 Å². The van der Waals surface area contributed by atoms with Crippen LogP contribution in [0, 0.1) is 5.92 Å². The fraction of sp³-hybridized carbons (Fsp3) is 0.733. The largest absolute Gasteiger partial charge is 0.390 e. The molecule has 1 aliphatic carbocycles. The molecule has 1 saturated carbocycles. The Kier molecular flexibility index (Phi) is 5.76. The summed E-state index contributed by atoms with van der Waals surface area (Å²) in [5.41, 5.74) is 1.19. The van der Waals surface area contributed by atoms with E-state index in [1.807, 2.05) is 19.4 Å². The Labute approximate surface area is 125 Å². The molecule has 0 radical (unpaired) electrons. The molecule has 0 saturated heterocycles. The molecule has 1 aromatic rings. The summed E-state index contributed by atoms with van der Waals surface area (Å²) in [6, 6.07) is 0. The van der Waals surface area contributed by atoms with Crippen molar-refractivity contribution in [1.29, 1.82) is 0 Å². The van der Waals surface area contributed by atoms with Crippen molar-refractivity contribution < 1.29 is 14.6 Å². The van der Waals surface area contributed by atoms with Crippen molar-refractivity contribution in [2.24, 2.45) is 13.0 Å². The standard InChI is InChI=1S/C15H25N3O3/c1-18-10-11(9-17-18)4-3-7-16-15(20)12-5-6-13(19)14(8-12)21-2/h9-10,12-14,19H,3-8H2,1-2H3,(H,16,20)/t12-,13+,14-/m1/s1. The Morgan fingerprint density at radius 1 is 1.57 bits per heavy atom. The molecule has 3 atom stereocenters. The van der Waals surface area contributed by atoms with Gasteiger partial charge in [-0.1, -0.05) is 0 Å². The molecule has 0 unspecified atom stereocenters. The van der Waals surface area contributed by atoms with Gasteiger partial charge >= 0.3 is 0 Å². The first kappa shape index (κ1) is 16.0. The van der Waals surface area contributed by atoms with Gasteiger partial charge in [-0.15, -0.1) is 0 Å². The quantitative estimate of drug-likeness (QED) is 0.755. The lowest BCUT2D eigenvalue weighted by atomic mass is 9.84. The Morgan fingerprint density at radius 3 is 3.05 bits per heavy atom. The lowest BCUT2D eigenvalue weighted by Gasteiger charge is -2.31. The highest BCUT2D eigenvalue weighted by Gasteiger charge is 2.32. The molecule has 1 heterocycles. The van der Waals surface area contributed by atoms with Crippen LogP contribution in [0.1, 0.15) is 31.2 Å². The monoisotopic (exact) mass is 295 g/mol. The maximum Gasteiger partial charge on any atom is 0.223 e. The van der Waals surface area contributed by atoms with Crippen molar-refractivity contribution in [3.8, 4) is 0 Å². The van der Waals surface area contributed by atoms with Gasteiger partial charge < -0.3 is 15.2 Å². The Hall–Kier alpha value is -1.40. The summed E-state index contributed by atoms with van der Waals surface area (Å²) in [6.07, 6.45) is 6.97. The van der Waals surface area contributed by atoms with Gasteiger partial charge in [0.25, 0.3) is 0 Å². The van der Waals surface area contributed by atoms with Crippen LogP contribution in [0.4, 0.5) is 0 Å². The van der Waals surface area contributed by atoms with Gasteiger partial charge in [0.1, 0.15) is 0 Å². The summed E-state index contributed by atoms with van der Waals surface area (Å²) in [6.45, 7) is 0.671. The SMILES string of the molecule is CO[C@@H]1C[C@H](C(=O)NCCCc2cnn(C)c2)CC[C@@H]1O. The van der Waals surface area contributed by atoms with Crippen LogP contribution in [0.5, 0.6) is 0 Å². The van der Waals surface area contributed by atoms with Crippen LogP contribution in [0.25, 0.3) is 0 Å². The van der Waals surface area contributed by atoms with Gasteiger partial charge in [0, 0.05) is 32.8 Å². The second-order valence-electron chi connectivity index (χ2n) is 5.77. The minimum Gasteiger partial charge on any atom is -0.390 e. The normalized spacial score (nSPS) is 25.8. The lowest BCUT2D eigenvalue weighted by molar-refractivity contribution is -0.130. The molecule has 0 spiro atoms. The summed E-state index contributed by atoms with van der Waals surface area (Å²) in [7, 11) is 3.48. The second-order valence-corrected chi connectivity index (χ2v) is 5.77. The van der Waals surface area contributed by atoms with Crippen LogP contribution in [0.3, 0.4) is 0 Å². The number of rotatable bonds is 6. The average Bonchev–Trinajstić information content (AvgIpc) is 2.89. The van der Waals surface area contributed by atoms with Crippen molar-refractivity contribution in [3.05, 3.63) is 18.0 Å². The Bertz CT molecular complexity index is 461. The van der Waals surface area contributed by atoms with E-state index < -0.39 is 6.10 Å². The Balaban J connectivity index is 1.67. The number of hydrogen-bond acceptors (Lipinski definition) is 4. The lowest BCUT2D eigenvalue weighted by Crippen LogP contribution is -2.41. The van der Waals surface area contributed by atoms with Crippen LogP contribution < -0.4 is 5.32 Å². The number of amides is 1. The molecule has 1 aromatic heterocycles. The van der Waals surface area contributed by atoms with Crippen LogP contribution in [0.15, 0.2) is 12.4 Å². The molecule has 1 aliphatic rings. The van der Waals surface area contributed by atoms with E-state index in [9.17, 15) is 9.90 Å². The van der Waals surface area contributed by atoms with E-state index in [0.717, 1.165) is 19.3 Å². The number of aryl methyl sites for hydroxylation is 2. The van der Waals surface area contributed by atoms with E-state index in [1.165, 1.54) is 5.56 Å². The summed E-state index contributed by atoms with van der Waals surface area (Å²) in [5, 5.41) is 16.9. The minimum atomic E-state index is -0.440. The number of aromatic nitrogens is 2. The minimum absolute atomic E-state index is 0.0447. The van der Waals surface area contributed by atoms with Crippen molar-refractivity contribution >= 4 is 5.91 Å². The van der Waals surface area contributed by atoms with Gasteiger partial charge in [-0.2, -0.15) is 5.10 Å². The summed E-state index contributed by atoms with van der Waals surface area (Å²) < 4.78 is 7.01. The molecule has 6 nitrogen and oxygen atoms in total. The zero-order chi connectivity index (χ0) is 15.2. The third kappa shape index (κ3) is 4.54. The van der Waals surface area contributed by atoms with Gasteiger partial charge in [0.05, 0.1) is 18.4 Å². The highest BCUT2D eigenvalue weighted by atomic mass is 16.5. The summed E-state index contributed by atoms with van der Waals surface area (Å²) in [4.78, 5) is 12.1. The number of carbonyl (C=O) groups excluding carboxylic acids is 1. The molecule has 0 bridgehead atoms. The zero-order valence-corrected chi connectivity index (χ0v) is 12.8. The second kappa shape index (κ2) is 7.56. The van der Waals surface area contributed by atoms with Gasteiger partial charge in [0.2, 0.25) is 5.91 Å². The maximum absolute atomic E-state index is 12.1. The van der Waals surface area contributed by atoms with Crippen LogP contribution in [-0.4, -0.2) is 46.7 Å². The fourth-order valence-electron chi connectivity index (χ4n) is 2.85. The highest BCUT2D eigenvalue weighted by molar-refractivity contribution is 5.78. The number of methoxy groups -OCH3 is 1. The predicted octanol–water partition coefficient (Wildman–Crippen LogP) is 0.645. The number of nitrogens with zero attached hydrogens (tertiary/aromatic N) is 2. The van der Waals surface area contributed by atoms with Crippen LogP contribution in [0.2, 0.25) is 0 Å². The number of aliphatic hydroxyl groups is 1. The molecule has 1 amide bonds. The molecule has 1 fully saturated rings. The van der Waals surface area contributed by atoms with Crippen LogP contribution >= 0.6 is 0 Å². The number of ether oxygens (including phenoxy) is 1. The van der Waals surface area contributed by atoms with E-state index in [4.69, 9.17) is 4.74 Å². The third-order valence-electron chi connectivity index (χ3n) is 4.13. The zero-order valence-electron chi connectivity index (χ0n) is 12.8. The van der Waals surface area contributed by atoms with Crippen molar-refractivity contribution in [2.75, 3.05) is 13.7 Å². The molecule has 0 aromatic carbocycles. The molecular formula is C15H25N3O3. The van der Waals surface area contributed by atoms with Gasteiger partial charge in [-0.05, 0) is 37.7 Å². The van der Waals surface area contributed by atoms with E-state index in [1.54, 1.807) is 11.8 Å². The topological polar surface area (TPSA) is 76.4 Å². The van der Waals surface area contributed by atoms with Crippen molar-refractivity contribution in [3.63, 3.8) is 0 Å². The first-order valence-corrected chi connectivity index (χ1v) is 7.56. The number of aliphatic hydroxyl groups excluding tert-OH is 1. The molecule has 2 rings (SSSR count). The van der Waals surface area contributed by atoms with Crippen molar-refractivity contribution in [1.82, 2.24) is 15.1 Å². The number of carbonyl (C=O) groups is 1. The number of nitrogens with one attached hydrogen (secondary N) is 1. The third-order valence-corrected chi connectivity index (χ3v) is 4.13. The molecule has 118 valence electrons. The number of hydrogen-bond donors (Lipinski definition) is 2. The fourth-order valence-corrected chi connectivity index (χ4v) is 2.85. The van der Waals surface area contributed by atoms with E-state index in [2.05, 4.69) is 10.4 Å². The summed E-state index contributed by atoms with van der Waals surface area (Å²) >= 11 is 0. The smallest absolute Gasteiger partial charge is 0.223 e. The van der Waals surface area contributed by atoms with Gasteiger partial charge in [-0.25, -0.2) is 0 Å². The highest BCUT2D eigenvalue weighted by Crippen LogP contribution is 2.26. The van der Waals surface area contributed by atoms with Crippen molar-refractivity contribution in [2.45, 2.75) is 44.3 Å². The summed E-state index contributed by atoms with van der Waals surface area (Å²) in [5.74, 6) is 0.0341. The van der Waals surface area contributed by atoms with E-state index in [0.29, 0.717) is 19.4 Å². The molecule has 21 heavy (non-hydrogen) atoms. The molecule has 0 aliphatic heterocycles. The maximum atomic E-state index is 12.1. The predicted molar refractivity (Wildman–Crippen MR) is 78.7 cm³/mol. The molecule has 2 N–H and O–H groups in total. The van der Waals surface area contributed by atoms with E-state index in [-0.39, 0.29) is 17.9 Å². The average molecular weight is 295 g/mol. The Morgan fingerprint density at radius 2 is 2.38 bits per heavy atom.